The molecule has 0 N–H and O–H groups in total. The van der Waals surface area contributed by atoms with Crippen LogP contribution in [0.1, 0.15) is 45.1 Å². The predicted molar refractivity (Wildman–Crippen MR) is 169 cm³/mol. The van der Waals surface area contributed by atoms with Crippen molar-refractivity contribution in [2.75, 3.05) is 6.61 Å². The van der Waals surface area contributed by atoms with Crippen molar-refractivity contribution in [2.24, 2.45) is 0 Å². The molecule has 0 amide bonds. The van der Waals surface area contributed by atoms with E-state index in [1.54, 1.807) is 0 Å². The highest BCUT2D eigenvalue weighted by Gasteiger charge is 2.53. The number of cyclic esters (lactones) is 1. The maximum absolute atomic E-state index is 13.7. The quantitative estimate of drug-likeness (QED) is 0.0963. The molecule has 4 nitrogen and oxygen atoms in total. The topological polar surface area (TPSA) is 58.6 Å². The van der Waals surface area contributed by atoms with Crippen LogP contribution in [0, 0.1) is 0 Å². The Morgan fingerprint density at radius 3 is 1.78 bits per heavy atom. The van der Waals surface area contributed by atoms with Gasteiger partial charge >= 0.3 is 5.97 Å². The van der Waals surface area contributed by atoms with Crippen LogP contribution in [0.2, 0.25) is 5.04 Å². The molecule has 1 fully saturated rings. The van der Waals surface area contributed by atoms with Crippen LogP contribution in [0.5, 0.6) is 0 Å². The summed E-state index contributed by atoms with van der Waals surface area (Å²) >= 11 is -1.52. The lowest BCUT2D eigenvalue weighted by molar-refractivity contribution is -0.141. The van der Waals surface area contributed by atoms with Crippen molar-refractivity contribution in [2.45, 2.75) is 60.8 Å². The molecule has 1 aliphatic heterocycles. The summed E-state index contributed by atoms with van der Waals surface area (Å²) in [5, 5.41) is 1.63. The van der Waals surface area contributed by atoms with E-state index in [-0.39, 0.29) is 23.0 Å². The van der Waals surface area contributed by atoms with Crippen molar-refractivity contribution in [3.63, 3.8) is 0 Å². The molecule has 6 heteroatoms. The Kier molecular flexibility index (Phi) is 9.15. The molecule has 1 saturated heterocycles. The van der Waals surface area contributed by atoms with E-state index in [1.807, 2.05) is 72.8 Å². The maximum Gasteiger partial charge on any atom is 0.361 e. The van der Waals surface area contributed by atoms with E-state index in [2.05, 4.69) is 69.3 Å². The highest BCUT2D eigenvalue weighted by atomic mass is 32.2. The molecule has 1 heterocycles. The number of esters is 1. The predicted octanol–water partition coefficient (Wildman–Crippen LogP) is 6.23. The van der Waals surface area contributed by atoms with Crippen LogP contribution in [0.3, 0.4) is 0 Å². The van der Waals surface area contributed by atoms with Gasteiger partial charge in [-0.25, -0.2) is 4.79 Å². The zero-order chi connectivity index (χ0) is 28.9. The zero-order valence-corrected chi connectivity index (χ0v) is 25.8. The molecule has 41 heavy (non-hydrogen) atoms. The number of ether oxygens (including phenoxy) is 1. The van der Waals surface area contributed by atoms with Crippen LogP contribution < -0.4 is 10.4 Å². The fourth-order valence-electron chi connectivity index (χ4n) is 6.13. The summed E-state index contributed by atoms with van der Waals surface area (Å²) in [6.45, 7) is 7.35. The SMILES string of the molecule is CC(C)(C)[Si](OCCCC1OC(=O)C([S+]([O-])c2ccccc2)C1c1ccccc1)(c1ccccc1)c1ccccc1. The van der Waals surface area contributed by atoms with Gasteiger partial charge in [0.15, 0.2) is 4.90 Å². The molecule has 4 aromatic carbocycles. The maximum atomic E-state index is 13.7. The first-order valence-corrected chi connectivity index (χ1v) is 17.4. The second kappa shape index (κ2) is 12.8. The minimum Gasteiger partial charge on any atom is -0.611 e. The largest absolute Gasteiger partial charge is 0.611 e. The van der Waals surface area contributed by atoms with Crippen molar-refractivity contribution < 1.29 is 18.5 Å². The second-order valence-corrected chi connectivity index (χ2v) is 17.5. The fraction of sp³-hybridized carbons (Fsp3) is 0.286. The molecule has 5 rings (SSSR count). The normalized spacial score (nSPS) is 20.0. The van der Waals surface area contributed by atoms with E-state index in [4.69, 9.17) is 9.16 Å². The smallest absolute Gasteiger partial charge is 0.361 e. The van der Waals surface area contributed by atoms with Gasteiger partial charge in [-0.3, -0.25) is 0 Å². The minimum atomic E-state index is -2.65. The third kappa shape index (κ3) is 6.07. The van der Waals surface area contributed by atoms with Gasteiger partial charge in [0.2, 0.25) is 5.25 Å². The molecule has 0 bridgehead atoms. The highest BCUT2D eigenvalue weighted by Crippen LogP contribution is 2.41. The lowest BCUT2D eigenvalue weighted by atomic mass is 9.90. The summed E-state index contributed by atoms with van der Waals surface area (Å²) in [6.07, 6.45) is 0.980. The third-order valence-electron chi connectivity index (χ3n) is 7.99. The molecule has 0 aromatic heterocycles. The number of hydrogen-bond acceptors (Lipinski definition) is 4. The van der Waals surface area contributed by atoms with Gasteiger partial charge in [-0.05, 0) is 45.9 Å². The number of benzene rings is 4. The molecule has 4 atom stereocenters. The van der Waals surface area contributed by atoms with Crippen LogP contribution in [-0.2, 0) is 25.1 Å². The second-order valence-electron chi connectivity index (χ2n) is 11.6. The lowest BCUT2D eigenvalue weighted by Crippen LogP contribution is -2.66. The molecule has 0 saturated carbocycles. The van der Waals surface area contributed by atoms with E-state index >= 15 is 0 Å². The van der Waals surface area contributed by atoms with Crippen molar-refractivity contribution in [1.82, 2.24) is 0 Å². The number of carbonyl (C=O) groups is 1. The first kappa shape index (κ1) is 29.3. The summed E-state index contributed by atoms with van der Waals surface area (Å²) in [5.41, 5.74) is 0.977. The summed E-state index contributed by atoms with van der Waals surface area (Å²) in [5.74, 6) is -0.684. The summed E-state index contributed by atoms with van der Waals surface area (Å²) < 4.78 is 26.7. The molecular formula is C35H38O4SSi. The highest BCUT2D eigenvalue weighted by molar-refractivity contribution is 7.92. The van der Waals surface area contributed by atoms with Gasteiger partial charge in [-0.15, -0.1) is 0 Å². The van der Waals surface area contributed by atoms with E-state index in [0.717, 1.165) is 12.0 Å². The number of rotatable bonds is 10. The van der Waals surface area contributed by atoms with Gasteiger partial charge in [0.05, 0.1) is 5.92 Å². The number of carbonyl (C=O) groups excluding carboxylic acids is 1. The third-order valence-corrected chi connectivity index (χ3v) is 14.7. The first-order valence-electron chi connectivity index (χ1n) is 14.3. The van der Waals surface area contributed by atoms with Crippen LogP contribution >= 0.6 is 0 Å². The Hall–Kier alpha value is -3.16. The van der Waals surface area contributed by atoms with Gasteiger partial charge in [0, 0.05) is 17.8 Å². The summed E-state index contributed by atoms with van der Waals surface area (Å²) in [6, 6.07) is 40.3. The van der Waals surface area contributed by atoms with E-state index in [0.29, 0.717) is 17.9 Å². The van der Waals surface area contributed by atoms with Crippen molar-refractivity contribution in [3.05, 3.63) is 127 Å². The molecule has 0 spiro atoms. The van der Waals surface area contributed by atoms with Gasteiger partial charge in [-0.1, -0.05) is 130 Å². The Morgan fingerprint density at radius 1 is 0.780 bits per heavy atom. The first-order chi connectivity index (χ1) is 19.8. The van der Waals surface area contributed by atoms with E-state index < -0.39 is 24.7 Å². The van der Waals surface area contributed by atoms with E-state index in [9.17, 15) is 9.35 Å². The Bertz CT molecular complexity index is 1350. The molecule has 0 aliphatic carbocycles. The van der Waals surface area contributed by atoms with Gasteiger partial charge in [-0.2, -0.15) is 0 Å². The molecular weight excluding hydrogens is 545 g/mol. The van der Waals surface area contributed by atoms with Crippen molar-refractivity contribution >= 4 is 35.8 Å². The Morgan fingerprint density at radius 2 is 1.27 bits per heavy atom. The average molecular weight is 583 g/mol. The minimum absolute atomic E-state index is 0.111. The fourth-order valence-corrected chi connectivity index (χ4v) is 12.3. The zero-order valence-electron chi connectivity index (χ0n) is 23.9. The van der Waals surface area contributed by atoms with Gasteiger partial charge in [0.25, 0.3) is 8.32 Å². The number of hydrogen-bond donors (Lipinski definition) is 0. The summed E-state index contributed by atoms with van der Waals surface area (Å²) in [7, 11) is -2.65. The average Bonchev–Trinajstić information content (AvgIpc) is 3.33. The van der Waals surface area contributed by atoms with Crippen LogP contribution in [0.25, 0.3) is 0 Å². The van der Waals surface area contributed by atoms with E-state index in [1.165, 1.54) is 10.4 Å². The van der Waals surface area contributed by atoms with Crippen molar-refractivity contribution in [1.29, 1.82) is 0 Å². The Labute approximate surface area is 248 Å². The van der Waals surface area contributed by atoms with Crippen LogP contribution in [0.15, 0.2) is 126 Å². The lowest BCUT2D eigenvalue weighted by Gasteiger charge is -2.43. The monoisotopic (exact) mass is 582 g/mol. The standard InChI is InChI=1S/C35H38O4SSi/c1-35(2,3)41(29-21-12-6-13-22-29,30-23-14-7-15-24-30)38-26-16-25-31-32(27-17-8-4-9-18-27)33(34(36)39-31)40(37)28-19-10-5-11-20-28/h4-15,17-24,31-33H,16,25-26H2,1-3H3. The molecule has 4 unspecified atom stereocenters. The van der Waals surface area contributed by atoms with Crippen LogP contribution in [-0.4, -0.2) is 36.8 Å². The van der Waals surface area contributed by atoms with Crippen LogP contribution in [0.4, 0.5) is 0 Å². The Balaban J connectivity index is 1.38. The summed E-state index contributed by atoms with van der Waals surface area (Å²) in [4.78, 5) is 13.9. The molecule has 4 aromatic rings. The van der Waals surface area contributed by atoms with Gasteiger partial charge < -0.3 is 13.7 Å². The molecule has 212 valence electrons. The van der Waals surface area contributed by atoms with Gasteiger partial charge in [0.1, 0.15) is 6.10 Å². The molecule has 0 radical (unpaired) electrons. The molecule has 1 aliphatic rings. The van der Waals surface area contributed by atoms with Crippen molar-refractivity contribution in [3.8, 4) is 0 Å².